The monoisotopic (exact) mass is 252 g/mol. The zero-order chi connectivity index (χ0) is 13.5. The molecule has 0 aromatic heterocycles. The van der Waals surface area contributed by atoms with E-state index in [4.69, 9.17) is 10.8 Å². The highest BCUT2D eigenvalue weighted by Gasteiger charge is 2.20. The van der Waals surface area contributed by atoms with E-state index in [9.17, 15) is 14.4 Å². The van der Waals surface area contributed by atoms with Crippen LogP contribution in [0.15, 0.2) is 30.3 Å². The number of carboxylic acid groups (broad SMARTS) is 1. The van der Waals surface area contributed by atoms with Crippen LogP contribution in [0.25, 0.3) is 0 Å². The number of carbonyl (C=O) groups is 3. The summed E-state index contributed by atoms with van der Waals surface area (Å²) in [6.07, 6.45) is -1.15. The van der Waals surface area contributed by atoms with Crippen LogP contribution in [0, 0.1) is 0 Å². The summed E-state index contributed by atoms with van der Waals surface area (Å²) in [6, 6.07) is 6.55. The van der Waals surface area contributed by atoms with E-state index < -0.39 is 24.1 Å². The molecule has 0 heterocycles. The van der Waals surface area contributed by atoms with Crippen molar-refractivity contribution in [3.05, 3.63) is 35.9 Å². The molecule has 0 unspecified atom stereocenters. The number of carboxylic acids is 1. The summed E-state index contributed by atoms with van der Waals surface area (Å²) in [7, 11) is 0. The van der Waals surface area contributed by atoms with Crippen molar-refractivity contribution >= 4 is 18.0 Å². The van der Waals surface area contributed by atoms with Gasteiger partial charge in [0.1, 0.15) is 6.04 Å². The molecule has 0 aliphatic heterocycles. The van der Waals surface area contributed by atoms with Crippen molar-refractivity contribution in [2.75, 3.05) is 6.54 Å². The average molecular weight is 252 g/mol. The van der Waals surface area contributed by atoms with Crippen LogP contribution in [0.5, 0.6) is 0 Å². The topological polar surface area (TPSA) is 119 Å². The van der Waals surface area contributed by atoms with E-state index in [0.29, 0.717) is 0 Å². The average Bonchev–Trinajstić information content (AvgIpc) is 2.36. The maximum absolute atomic E-state index is 11.4. The SMILES string of the molecule is NC[C@@H](NC(=O)OC(=O)c1ccccc1)C(=O)O. The number of hydrogen-bond donors (Lipinski definition) is 3. The van der Waals surface area contributed by atoms with Crippen LogP contribution in [0.1, 0.15) is 10.4 Å². The van der Waals surface area contributed by atoms with E-state index >= 15 is 0 Å². The molecule has 0 aliphatic carbocycles. The lowest BCUT2D eigenvalue weighted by atomic mass is 10.2. The van der Waals surface area contributed by atoms with Gasteiger partial charge in [-0.1, -0.05) is 18.2 Å². The van der Waals surface area contributed by atoms with Gasteiger partial charge in [0.15, 0.2) is 0 Å². The fraction of sp³-hybridized carbons (Fsp3) is 0.182. The summed E-state index contributed by atoms with van der Waals surface area (Å²) in [6.45, 7) is -0.302. The molecule has 1 aromatic carbocycles. The van der Waals surface area contributed by atoms with Gasteiger partial charge in [0.2, 0.25) is 0 Å². The second-order valence-corrected chi connectivity index (χ2v) is 3.31. The van der Waals surface area contributed by atoms with E-state index in [1.54, 1.807) is 18.2 Å². The van der Waals surface area contributed by atoms with Gasteiger partial charge in [-0.2, -0.15) is 0 Å². The lowest BCUT2D eigenvalue weighted by Crippen LogP contribution is -2.46. The van der Waals surface area contributed by atoms with Crippen molar-refractivity contribution < 1.29 is 24.2 Å². The molecule has 1 amide bonds. The Kier molecular flexibility index (Phi) is 4.82. The van der Waals surface area contributed by atoms with Crippen LogP contribution < -0.4 is 11.1 Å². The number of alkyl carbamates (subject to hydrolysis) is 1. The number of ether oxygens (including phenoxy) is 1. The van der Waals surface area contributed by atoms with Gasteiger partial charge in [-0.05, 0) is 12.1 Å². The highest BCUT2D eigenvalue weighted by atomic mass is 16.6. The molecule has 0 saturated heterocycles. The molecular weight excluding hydrogens is 240 g/mol. The quantitative estimate of drug-likeness (QED) is 0.511. The van der Waals surface area contributed by atoms with E-state index in [2.05, 4.69) is 4.74 Å². The van der Waals surface area contributed by atoms with Crippen molar-refractivity contribution in [3.63, 3.8) is 0 Å². The van der Waals surface area contributed by atoms with E-state index in [0.717, 1.165) is 0 Å². The molecule has 0 saturated carbocycles. The summed E-state index contributed by atoms with van der Waals surface area (Å²) < 4.78 is 4.41. The summed E-state index contributed by atoms with van der Waals surface area (Å²) in [5.41, 5.74) is 5.32. The number of carbonyl (C=O) groups excluding carboxylic acids is 2. The zero-order valence-electron chi connectivity index (χ0n) is 9.33. The largest absolute Gasteiger partial charge is 0.480 e. The second-order valence-electron chi connectivity index (χ2n) is 3.31. The molecule has 0 aliphatic rings. The van der Waals surface area contributed by atoms with Crippen LogP contribution >= 0.6 is 0 Å². The summed E-state index contributed by atoms with van der Waals surface area (Å²) in [4.78, 5) is 33.2. The van der Waals surface area contributed by atoms with Crippen molar-refractivity contribution in [1.82, 2.24) is 5.32 Å². The minimum Gasteiger partial charge on any atom is -0.480 e. The third-order valence-corrected chi connectivity index (χ3v) is 2.02. The zero-order valence-corrected chi connectivity index (χ0v) is 9.33. The predicted molar refractivity (Wildman–Crippen MR) is 60.9 cm³/mol. The number of rotatable bonds is 4. The Bertz CT molecular complexity index is 446. The van der Waals surface area contributed by atoms with Gasteiger partial charge >= 0.3 is 18.0 Å². The molecule has 7 heteroatoms. The molecule has 0 radical (unpaired) electrons. The number of nitrogens with one attached hydrogen (secondary N) is 1. The Morgan fingerprint density at radius 3 is 2.39 bits per heavy atom. The number of esters is 1. The van der Waals surface area contributed by atoms with Gasteiger partial charge < -0.3 is 20.9 Å². The summed E-state index contributed by atoms with van der Waals surface area (Å²) in [5.74, 6) is -2.17. The molecular formula is C11H12N2O5. The first kappa shape index (κ1) is 13.7. The fourth-order valence-corrected chi connectivity index (χ4v) is 1.11. The predicted octanol–water partition coefficient (Wildman–Crippen LogP) is -0.0351. The van der Waals surface area contributed by atoms with E-state index in [1.807, 2.05) is 5.32 Å². The van der Waals surface area contributed by atoms with Crippen molar-refractivity contribution in [3.8, 4) is 0 Å². The molecule has 7 nitrogen and oxygen atoms in total. The first-order chi connectivity index (χ1) is 8.54. The van der Waals surface area contributed by atoms with Gasteiger partial charge in [0, 0.05) is 6.54 Å². The Morgan fingerprint density at radius 2 is 1.89 bits per heavy atom. The Morgan fingerprint density at radius 1 is 1.28 bits per heavy atom. The molecule has 0 bridgehead atoms. The van der Waals surface area contributed by atoms with Crippen LogP contribution in [0.4, 0.5) is 4.79 Å². The van der Waals surface area contributed by atoms with Crippen LogP contribution in [-0.4, -0.2) is 35.7 Å². The number of amides is 1. The summed E-state index contributed by atoms with van der Waals surface area (Å²) >= 11 is 0. The third-order valence-electron chi connectivity index (χ3n) is 2.02. The van der Waals surface area contributed by atoms with E-state index in [1.165, 1.54) is 12.1 Å². The van der Waals surface area contributed by atoms with Crippen molar-refractivity contribution in [2.24, 2.45) is 5.73 Å². The number of nitrogens with two attached hydrogens (primary N) is 1. The first-order valence-electron chi connectivity index (χ1n) is 5.05. The van der Waals surface area contributed by atoms with Gasteiger partial charge in [-0.15, -0.1) is 0 Å². The van der Waals surface area contributed by atoms with Crippen LogP contribution in [0.2, 0.25) is 0 Å². The Balaban J connectivity index is 2.55. The molecule has 1 rings (SSSR count). The molecule has 1 aromatic rings. The Labute approximate surface area is 103 Å². The molecule has 0 fully saturated rings. The summed E-state index contributed by atoms with van der Waals surface area (Å²) in [5, 5.41) is 10.6. The number of benzene rings is 1. The number of aliphatic carboxylic acids is 1. The van der Waals surface area contributed by atoms with Crippen molar-refractivity contribution in [1.29, 1.82) is 0 Å². The van der Waals surface area contributed by atoms with Crippen molar-refractivity contribution in [2.45, 2.75) is 6.04 Å². The second kappa shape index (κ2) is 6.36. The Hall–Kier alpha value is -2.41. The molecule has 18 heavy (non-hydrogen) atoms. The lowest BCUT2D eigenvalue weighted by Gasteiger charge is -2.11. The highest BCUT2D eigenvalue weighted by molar-refractivity contribution is 5.97. The van der Waals surface area contributed by atoms with Gasteiger partial charge in [0.05, 0.1) is 5.56 Å². The standard InChI is InChI=1S/C11H12N2O5/c12-6-8(9(14)15)13-11(17)18-10(16)7-4-2-1-3-5-7/h1-5,8H,6,12H2,(H,13,17)(H,14,15)/t8-/m1/s1. The highest BCUT2D eigenvalue weighted by Crippen LogP contribution is 2.01. The minimum atomic E-state index is -1.30. The first-order valence-corrected chi connectivity index (χ1v) is 5.05. The maximum atomic E-state index is 11.4. The number of hydrogen-bond acceptors (Lipinski definition) is 5. The van der Waals surface area contributed by atoms with Gasteiger partial charge in [0.25, 0.3) is 0 Å². The van der Waals surface area contributed by atoms with Crippen LogP contribution in [0.3, 0.4) is 0 Å². The van der Waals surface area contributed by atoms with Crippen LogP contribution in [-0.2, 0) is 9.53 Å². The smallest absolute Gasteiger partial charge is 0.415 e. The molecule has 1 atom stereocenters. The van der Waals surface area contributed by atoms with E-state index in [-0.39, 0.29) is 12.1 Å². The molecule has 96 valence electrons. The minimum absolute atomic E-state index is 0.187. The maximum Gasteiger partial charge on any atom is 0.415 e. The lowest BCUT2D eigenvalue weighted by molar-refractivity contribution is -0.139. The normalized spacial score (nSPS) is 11.4. The fourth-order valence-electron chi connectivity index (χ4n) is 1.11. The third kappa shape index (κ3) is 3.87. The molecule has 4 N–H and O–H groups in total. The molecule has 0 spiro atoms. The van der Waals surface area contributed by atoms with Gasteiger partial charge in [-0.3, -0.25) is 0 Å². The van der Waals surface area contributed by atoms with Gasteiger partial charge in [-0.25, -0.2) is 14.4 Å².